The van der Waals surface area contributed by atoms with E-state index in [1.807, 2.05) is 4.68 Å². The molecule has 0 amide bonds. The summed E-state index contributed by atoms with van der Waals surface area (Å²) in [6.07, 6.45) is 1.15. The van der Waals surface area contributed by atoms with Crippen molar-refractivity contribution in [3.63, 3.8) is 0 Å². The number of hydrogen-bond donors (Lipinski definition) is 1. The SMILES string of the molecule is COCCNC(C)c1nnnn1C1CC1(C)C. The van der Waals surface area contributed by atoms with Gasteiger partial charge in [0, 0.05) is 13.7 Å². The second kappa shape index (κ2) is 4.70. The lowest BCUT2D eigenvalue weighted by Crippen LogP contribution is -2.26. The zero-order valence-electron chi connectivity index (χ0n) is 11.0. The van der Waals surface area contributed by atoms with E-state index in [0.29, 0.717) is 18.1 Å². The molecule has 96 valence electrons. The molecule has 1 aliphatic rings. The summed E-state index contributed by atoms with van der Waals surface area (Å²) in [5, 5.41) is 15.4. The number of nitrogens with one attached hydrogen (secondary N) is 1. The van der Waals surface area contributed by atoms with Crippen molar-refractivity contribution in [1.29, 1.82) is 0 Å². The highest BCUT2D eigenvalue weighted by molar-refractivity contribution is 5.04. The van der Waals surface area contributed by atoms with Gasteiger partial charge in [-0.15, -0.1) is 5.10 Å². The topological polar surface area (TPSA) is 64.9 Å². The first kappa shape index (κ1) is 12.4. The molecule has 2 unspecified atom stereocenters. The fourth-order valence-electron chi connectivity index (χ4n) is 2.03. The summed E-state index contributed by atoms with van der Waals surface area (Å²) < 4.78 is 6.97. The molecule has 2 rings (SSSR count). The third-order valence-corrected chi connectivity index (χ3v) is 3.42. The van der Waals surface area contributed by atoms with Gasteiger partial charge in [-0.1, -0.05) is 13.8 Å². The quantitative estimate of drug-likeness (QED) is 0.748. The van der Waals surface area contributed by atoms with Gasteiger partial charge in [-0.2, -0.15) is 0 Å². The van der Waals surface area contributed by atoms with E-state index in [4.69, 9.17) is 4.74 Å². The van der Waals surface area contributed by atoms with Crippen molar-refractivity contribution in [3.05, 3.63) is 5.82 Å². The first-order valence-corrected chi connectivity index (χ1v) is 6.06. The molecule has 0 aromatic carbocycles. The predicted octanol–water partition coefficient (Wildman–Crippen LogP) is 0.941. The van der Waals surface area contributed by atoms with Crippen molar-refractivity contribution in [2.24, 2.45) is 5.41 Å². The maximum atomic E-state index is 5.01. The smallest absolute Gasteiger partial charge is 0.168 e. The van der Waals surface area contributed by atoms with Crippen LogP contribution in [0.25, 0.3) is 0 Å². The standard InChI is InChI=1S/C11H21N5O/c1-8(12-5-6-17-4)10-13-14-15-16(10)9-7-11(9,2)3/h8-9,12H,5-7H2,1-4H3. The van der Waals surface area contributed by atoms with Crippen LogP contribution in [0.1, 0.15) is 45.1 Å². The van der Waals surface area contributed by atoms with Gasteiger partial charge in [-0.25, -0.2) is 4.68 Å². The van der Waals surface area contributed by atoms with Gasteiger partial charge in [0.25, 0.3) is 0 Å². The van der Waals surface area contributed by atoms with Crippen LogP contribution in [0.2, 0.25) is 0 Å². The maximum absolute atomic E-state index is 5.01. The molecule has 1 N–H and O–H groups in total. The predicted molar refractivity (Wildman–Crippen MR) is 63.5 cm³/mol. The number of methoxy groups -OCH3 is 1. The highest BCUT2D eigenvalue weighted by Gasteiger charge is 2.49. The molecule has 1 aromatic heterocycles. The number of ether oxygens (including phenoxy) is 1. The lowest BCUT2D eigenvalue weighted by molar-refractivity contribution is 0.195. The summed E-state index contributed by atoms with van der Waals surface area (Å²) in [7, 11) is 1.70. The van der Waals surface area contributed by atoms with E-state index in [0.717, 1.165) is 18.8 Å². The van der Waals surface area contributed by atoms with Crippen LogP contribution in [0, 0.1) is 5.41 Å². The Morgan fingerprint density at radius 2 is 2.29 bits per heavy atom. The summed E-state index contributed by atoms with van der Waals surface area (Å²) in [5.41, 5.74) is 0.330. The van der Waals surface area contributed by atoms with Crippen molar-refractivity contribution in [2.45, 2.75) is 39.3 Å². The fourth-order valence-corrected chi connectivity index (χ4v) is 2.03. The van der Waals surface area contributed by atoms with Crippen LogP contribution in [-0.4, -0.2) is 40.5 Å². The molecule has 17 heavy (non-hydrogen) atoms. The van der Waals surface area contributed by atoms with E-state index in [-0.39, 0.29) is 6.04 Å². The molecule has 0 aliphatic heterocycles. The molecule has 0 saturated heterocycles. The highest BCUT2D eigenvalue weighted by Crippen LogP contribution is 2.55. The average molecular weight is 239 g/mol. The van der Waals surface area contributed by atoms with Crippen molar-refractivity contribution >= 4 is 0 Å². The van der Waals surface area contributed by atoms with Gasteiger partial charge in [0.05, 0.1) is 18.7 Å². The second-order valence-electron chi connectivity index (χ2n) is 5.36. The first-order chi connectivity index (χ1) is 8.06. The Balaban J connectivity index is 1.99. The largest absolute Gasteiger partial charge is 0.383 e. The van der Waals surface area contributed by atoms with Gasteiger partial charge >= 0.3 is 0 Å². The Morgan fingerprint density at radius 3 is 2.88 bits per heavy atom. The van der Waals surface area contributed by atoms with Crippen LogP contribution in [0.5, 0.6) is 0 Å². The number of tetrazole rings is 1. The molecule has 1 aliphatic carbocycles. The highest BCUT2D eigenvalue weighted by atomic mass is 16.5. The molecule has 0 bridgehead atoms. The molecule has 1 aromatic rings. The van der Waals surface area contributed by atoms with Gasteiger partial charge in [0.1, 0.15) is 0 Å². The minimum absolute atomic E-state index is 0.150. The minimum Gasteiger partial charge on any atom is -0.383 e. The summed E-state index contributed by atoms with van der Waals surface area (Å²) in [4.78, 5) is 0. The molecular formula is C11H21N5O. The number of aromatic nitrogens is 4. The lowest BCUT2D eigenvalue weighted by Gasteiger charge is -2.13. The Bertz CT molecular complexity index is 376. The molecule has 2 atom stereocenters. The van der Waals surface area contributed by atoms with E-state index in [1.165, 1.54) is 0 Å². The van der Waals surface area contributed by atoms with Crippen molar-refractivity contribution < 1.29 is 4.74 Å². The Morgan fingerprint density at radius 1 is 1.59 bits per heavy atom. The number of hydrogen-bond acceptors (Lipinski definition) is 5. The van der Waals surface area contributed by atoms with Crippen molar-refractivity contribution in [2.75, 3.05) is 20.3 Å². The number of nitrogens with zero attached hydrogens (tertiary/aromatic N) is 4. The van der Waals surface area contributed by atoms with E-state index < -0.39 is 0 Å². The van der Waals surface area contributed by atoms with E-state index in [2.05, 4.69) is 41.6 Å². The molecule has 6 heteroatoms. The summed E-state index contributed by atoms with van der Waals surface area (Å²) >= 11 is 0. The van der Waals surface area contributed by atoms with Gasteiger partial charge in [-0.05, 0) is 29.2 Å². The number of rotatable bonds is 6. The zero-order chi connectivity index (χ0) is 12.5. The second-order valence-corrected chi connectivity index (χ2v) is 5.36. The van der Waals surface area contributed by atoms with E-state index in [1.54, 1.807) is 7.11 Å². The third kappa shape index (κ3) is 2.63. The van der Waals surface area contributed by atoms with Crippen LogP contribution in [0.3, 0.4) is 0 Å². The average Bonchev–Trinajstić information content (AvgIpc) is 2.74. The Hall–Kier alpha value is -1.01. The van der Waals surface area contributed by atoms with Crippen LogP contribution < -0.4 is 5.32 Å². The zero-order valence-corrected chi connectivity index (χ0v) is 11.0. The summed E-state index contributed by atoms with van der Waals surface area (Å²) in [5.74, 6) is 0.914. The van der Waals surface area contributed by atoms with Crippen molar-refractivity contribution in [1.82, 2.24) is 25.5 Å². The summed E-state index contributed by atoms with van der Waals surface area (Å²) in [6.45, 7) is 8.06. The van der Waals surface area contributed by atoms with E-state index in [9.17, 15) is 0 Å². The molecule has 1 fully saturated rings. The van der Waals surface area contributed by atoms with E-state index >= 15 is 0 Å². The van der Waals surface area contributed by atoms with Crippen LogP contribution in [-0.2, 0) is 4.74 Å². The molecule has 0 spiro atoms. The van der Waals surface area contributed by atoms with Crippen LogP contribution in [0.15, 0.2) is 0 Å². The van der Waals surface area contributed by atoms with Crippen LogP contribution >= 0.6 is 0 Å². The molecule has 6 nitrogen and oxygen atoms in total. The van der Waals surface area contributed by atoms with Gasteiger partial charge in [-0.3, -0.25) is 0 Å². The normalized spacial score (nSPS) is 23.6. The Kier molecular flexibility index (Phi) is 3.44. The lowest BCUT2D eigenvalue weighted by atomic mass is 10.2. The first-order valence-electron chi connectivity index (χ1n) is 6.06. The van der Waals surface area contributed by atoms with Gasteiger partial charge in [0.15, 0.2) is 5.82 Å². The van der Waals surface area contributed by atoms with Crippen LogP contribution in [0.4, 0.5) is 0 Å². The van der Waals surface area contributed by atoms with Gasteiger partial charge in [0.2, 0.25) is 0 Å². The Labute approximate surface area is 102 Å². The van der Waals surface area contributed by atoms with Gasteiger partial charge < -0.3 is 10.1 Å². The fraction of sp³-hybridized carbons (Fsp3) is 0.909. The molecular weight excluding hydrogens is 218 g/mol. The monoisotopic (exact) mass is 239 g/mol. The van der Waals surface area contributed by atoms with Crippen molar-refractivity contribution in [3.8, 4) is 0 Å². The molecule has 1 heterocycles. The summed E-state index contributed by atoms with van der Waals surface area (Å²) in [6, 6.07) is 0.593. The third-order valence-electron chi connectivity index (χ3n) is 3.42. The maximum Gasteiger partial charge on any atom is 0.168 e. The molecule has 0 radical (unpaired) electrons. The molecule has 1 saturated carbocycles. The minimum atomic E-state index is 0.150.